The Morgan fingerprint density at radius 2 is 1.89 bits per heavy atom. The molecule has 0 heterocycles. The lowest BCUT2D eigenvalue weighted by Crippen LogP contribution is -2.13. The number of hydrogen-bond donors (Lipinski definition) is 1. The summed E-state index contributed by atoms with van der Waals surface area (Å²) < 4.78 is 5.25. The summed E-state index contributed by atoms with van der Waals surface area (Å²) in [7, 11) is 3.70. The predicted octanol–water partition coefficient (Wildman–Crippen LogP) is 2.92. The van der Waals surface area contributed by atoms with Crippen LogP contribution < -0.4 is 15.4 Å². The summed E-state index contributed by atoms with van der Waals surface area (Å²) in [6.07, 6.45) is 0. The molecule has 3 nitrogen and oxygen atoms in total. The predicted molar refractivity (Wildman–Crippen MR) is 75.4 cm³/mol. The summed E-state index contributed by atoms with van der Waals surface area (Å²) in [5.41, 5.74) is 9.10. The van der Waals surface area contributed by atoms with Crippen LogP contribution in [-0.4, -0.2) is 14.2 Å². The normalized spacial score (nSPS) is 10.2. The SMILES string of the molecule is COc1cccc(N(C)c2ccccc2CN)c1. The summed E-state index contributed by atoms with van der Waals surface area (Å²) in [6.45, 7) is 0.532. The molecule has 0 aliphatic carbocycles. The van der Waals surface area contributed by atoms with Crippen LogP contribution in [-0.2, 0) is 6.54 Å². The molecule has 0 aliphatic rings. The highest BCUT2D eigenvalue weighted by Crippen LogP contribution is 2.28. The van der Waals surface area contributed by atoms with E-state index < -0.39 is 0 Å². The van der Waals surface area contributed by atoms with Crippen LogP contribution in [0.1, 0.15) is 5.56 Å². The minimum absolute atomic E-state index is 0.532. The first-order valence-electron chi connectivity index (χ1n) is 5.92. The highest BCUT2D eigenvalue weighted by Gasteiger charge is 2.08. The van der Waals surface area contributed by atoms with Crippen LogP contribution in [0, 0.1) is 0 Å². The van der Waals surface area contributed by atoms with E-state index in [-0.39, 0.29) is 0 Å². The summed E-state index contributed by atoms with van der Waals surface area (Å²) in [5.74, 6) is 0.851. The molecule has 0 spiro atoms. The number of anilines is 2. The van der Waals surface area contributed by atoms with Crippen LogP contribution in [0.3, 0.4) is 0 Å². The third-order valence-corrected chi connectivity index (χ3v) is 3.01. The van der Waals surface area contributed by atoms with Gasteiger partial charge >= 0.3 is 0 Å². The third kappa shape index (κ3) is 2.46. The molecule has 94 valence electrons. The number of ether oxygens (including phenoxy) is 1. The van der Waals surface area contributed by atoms with E-state index >= 15 is 0 Å². The van der Waals surface area contributed by atoms with Crippen LogP contribution in [0.4, 0.5) is 11.4 Å². The minimum atomic E-state index is 0.532. The smallest absolute Gasteiger partial charge is 0.120 e. The Bertz CT molecular complexity index is 525. The monoisotopic (exact) mass is 242 g/mol. The van der Waals surface area contributed by atoms with Gasteiger partial charge in [-0.25, -0.2) is 0 Å². The molecule has 0 unspecified atom stereocenters. The van der Waals surface area contributed by atoms with Crippen molar-refractivity contribution in [2.24, 2.45) is 5.73 Å². The van der Waals surface area contributed by atoms with Crippen molar-refractivity contribution >= 4 is 11.4 Å². The lowest BCUT2D eigenvalue weighted by molar-refractivity contribution is 0.415. The molecule has 0 fully saturated rings. The fourth-order valence-corrected chi connectivity index (χ4v) is 1.97. The van der Waals surface area contributed by atoms with Crippen molar-refractivity contribution in [3.8, 4) is 5.75 Å². The summed E-state index contributed by atoms with van der Waals surface area (Å²) in [4.78, 5) is 2.12. The van der Waals surface area contributed by atoms with E-state index in [1.54, 1.807) is 7.11 Å². The van der Waals surface area contributed by atoms with E-state index in [9.17, 15) is 0 Å². The number of methoxy groups -OCH3 is 1. The van der Waals surface area contributed by atoms with Gasteiger partial charge in [0.2, 0.25) is 0 Å². The number of rotatable bonds is 4. The third-order valence-electron chi connectivity index (χ3n) is 3.01. The van der Waals surface area contributed by atoms with Crippen molar-refractivity contribution < 1.29 is 4.74 Å². The first-order chi connectivity index (χ1) is 8.76. The number of benzene rings is 2. The van der Waals surface area contributed by atoms with E-state index in [1.807, 2.05) is 43.4 Å². The minimum Gasteiger partial charge on any atom is -0.497 e. The van der Waals surface area contributed by atoms with E-state index in [2.05, 4.69) is 17.0 Å². The first-order valence-corrected chi connectivity index (χ1v) is 5.92. The van der Waals surface area contributed by atoms with Gasteiger partial charge in [-0.05, 0) is 23.8 Å². The Labute approximate surface area is 108 Å². The molecule has 18 heavy (non-hydrogen) atoms. The van der Waals surface area contributed by atoms with Gasteiger partial charge in [-0.2, -0.15) is 0 Å². The molecule has 2 aromatic carbocycles. The molecule has 3 heteroatoms. The van der Waals surface area contributed by atoms with Crippen LogP contribution in [0.15, 0.2) is 48.5 Å². The number of nitrogens with two attached hydrogens (primary N) is 1. The second-order valence-corrected chi connectivity index (χ2v) is 4.09. The zero-order valence-corrected chi connectivity index (χ0v) is 10.8. The first kappa shape index (κ1) is 12.5. The van der Waals surface area contributed by atoms with Crippen LogP contribution >= 0.6 is 0 Å². The van der Waals surface area contributed by atoms with E-state index in [0.717, 1.165) is 22.7 Å². The molecule has 2 aromatic rings. The number of para-hydroxylation sites is 1. The van der Waals surface area contributed by atoms with E-state index in [0.29, 0.717) is 6.54 Å². The van der Waals surface area contributed by atoms with Crippen molar-refractivity contribution in [2.75, 3.05) is 19.1 Å². The van der Waals surface area contributed by atoms with Gasteiger partial charge in [-0.15, -0.1) is 0 Å². The van der Waals surface area contributed by atoms with Crippen molar-refractivity contribution in [3.63, 3.8) is 0 Å². The summed E-state index contributed by atoms with van der Waals surface area (Å²) >= 11 is 0. The largest absolute Gasteiger partial charge is 0.497 e. The molecule has 0 saturated heterocycles. The average molecular weight is 242 g/mol. The molecule has 0 radical (unpaired) electrons. The van der Waals surface area contributed by atoms with Gasteiger partial charge < -0.3 is 15.4 Å². The van der Waals surface area contributed by atoms with E-state index in [1.165, 1.54) is 0 Å². The Hall–Kier alpha value is -2.00. The van der Waals surface area contributed by atoms with E-state index in [4.69, 9.17) is 10.5 Å². The second kappa shape index (κ2) is 5.56. The zero-order valence-electron chi connectivity index (χ0n) is 10.8. The molecule has 0 saturated carbocycles. The van der Waals surface area contributed by atoms with Crippen molar-refractivity contribution in [1.82, 2.24) is 0 Å². The van der Waals surface area contributed by atoms with Gasteiger partial charge in [0.1, 0.15) is 5.75 Å². The fourth-order valence-electron chi connectivity index (χ4n) is 1.97. The molecule has 0 amide bonds. The van der Waals surface area contributed by atoms with Crippen molar-refractivity contribution in [3.05, 3.63) is 54.1 Å². The second-order valence-electron chi connectivity index (χ2n) is 4.09. The molecule has 2 rings (SSSR count). The Morgan fingerprint density at radius 1 is 1.11 bits per heavy atom. The zero-order chi connectivity index (χ0) is 13.0. The number of nitrogens with zero attached hydrogens (tertiary/aromatic N) is 1. The number of hydrogen-bond acceptors (Lipinski definition) is 3. The van der Waals surface area contributed by atoms with Gasteiger partial charge in [0, 0.05) is 31.0 Å². The van der Waals surface area contributed by atoms with Gasteiger partial charge in [-0.1, -0.05) is 24.3 Å². The highest BCUT2D eigenvalue weighted by molar-refractivity contribution is 5.66. The molecule has 0 bridgehead atoms. The fraction of sp³-hybridized carbons (Fsp3) is 0.200. The van der Waals surface area contributed by atoms with Gasteiger partial charge in [0.15, 0.2) is 0 Å². The average Bonchev–Trinajstić information content (AvgIpc) is 2.46. The van der Waals surface area contributed by atoms with Crippen LogP contribution in [0.2, 0.25) is 0 Å². The molecule has 0 aliphatic heterocycles. The van der Waals surface area contributed by atoms with Crippen LogP contribution in [0.5, 0.6) is 5.75 Å². The standard InChI is InChI=1S/C15H18N2O/c1-17(13-7-5-8-14(10-13)18-2)15-9-4-3-6-12(15)11-16/h3-10H,11,16H2,1-2H3. The Morgan fingerprint density at radius 3 is 2.61 bits per heavy atom. The molecule has 0 atom stereocenters. The van der Waals surface area contributed by atoms with Gasteiger partial charge in [0.05, 0.1) is 7.11 Å². The molecular weight excluding hydrogens is 224 g/mol. The quantitative estimate of drug-likeness (QED) is 0.896. The molecule has 0 aromatic heterocycles. The summed E-state index contributed by atoms with van der Waals surface area (Å²) in [5, 5.41) is 0. The highest BCUT2D eigenvalue weighted by atomic mass is 16.5. The van der Waals surface area contributed by atoms with Crippen molar-refractivity contribution in [1.29, 1.82) is 0 Å². The van der Waals surface area contributed by atoms with Gasteiger partial charge in [-0.3, -0.25) is 0 Å². The lowest BCUT2D eigenvalue weighted by Gasteiger charge is -2.22. The topological polar surface area (TPSA) is 38.5 Å². The van der Waals surface area contributed by atoms with Crippen molar-refractivity contribution in [2.45, 2.75) is 6.54 Å². The Kier molecular flexibility index (Phi) is 3.85. The lowest BCUT2D eigenvalue weighted by atomic mass is 10.1. The maximum atomic E-state index is 5.77. The molecule has 2 N–H and O–H groups in total. The summed E-state index contributed by atoms with van der Waals surface area (Å²) in [6, 6.07) is 16.1. The van der Waals surface area contributed by atoms with Crippen LogP contribution in [0.25, 0.3) is 0 Å². The van der Waals surface area contributed by atoms with Gasteiger partial charge in [0.25, 0.3) is 0 Å². The maximum absolute atomic E-state index is 5.77. The Balaban J connectivity index is 2.37. The maximum Gasteiger partial charge on any atom is 0.120 e. The molecular formula is C15H18N2O.